The molecule has 0 aromatic heterocycles. The van der Waals surface area contributed by atoms with Gasteiger partial charge in [-0.1, -0.05) is 43.3 Å². The summed E-state index contributed by atoms with van der Waals surface area (Å²) in [6.07, 6.45) is 3.77. The van der Waals surface area contributed by atoms with Crippen LogP contribution in [-0.4, -0.2) is 11.1 Å². The van der Waals surface area contributed by atoms with Crippen molar-refractivity contribution in [3.05, 3.63) is 41.5 Å². The summed E-state index contributed by atoms with van der Waals surface area (Å²) in [7, 11) is 0. The van der Waals surface area contributed by atoms with Gasteiger partial charge < -0.3 is 9.84 Å². The molecule has 0 bridgehead atoms. The first-order valence-corrected chi connectivity index (χ1v) is 5.23. The minimum Gasteiger partial charge on any atom is -0.428 e. The van der Waals surface area contributed by atoms with E-state index in [1.165, 1.54) is 6.92 Å². The molecule has 0 spiro atoms. The molecule has 0 amide bonds. The van der Waals surface area contributed by atoms with Gasteiger partial charge in [-0.3, -0.25) is 4.79 Å². The van der Waals surface area contributed by atoms with Crippen molar-refractivity contribution in [1.82, 2.24) is 0 Å². The normalized spacial score (nSPS) is 27.3. The number of aliphatic hydroxyl groups is 1. The smallest absolute Gasteiger partial charge is 0.305 e. The second-order valence-electron chi connectivity index (χ2n) is 4.03. The number of esters is 1. The number of fused-ring (bicyclic) bond motifs is 1. The predicted molar refractivity (Wildman–Crippen MR) is 60.3 cm³/mol. The maximum atomic E-state index is 11.1. The summed E-state index contributed by atoms with van der Waals surface area (Å²) in [6.45, 7) is 3.11. The first kappa shape index (κ1) is 10.9. The Morgan fingerprint density at radius 2 is 2.12 bits per heavy atom. The fourth-order valence-electron chi connectivity index (χ4n) is 1.96. The highest BCUT2D eigenvalue weighted by atomic mass is 16.7. The molecule has 2 rings (SSSR count). The highest BCUT2D eigenvalue weighted by molar-refractivity contribution is 5.68. The lowest BCUT2D eigenvalue weighted by Crippen LogP contribution is -2.39. The summed E-state index contributed by atoms with van der Waals surface area (Å²) < 4.78 is 5.08. The number of benzene rings is 1. The van der Waals surface area contributed by atoms with E-state index in [1.54, 1.807) is 6.07 Å². The van der Waals surface area contributed by atoms with Gasteiger partial charge in [-0.25, -0.2) is 0 Å². The van der Waals surface area contributed by atoms with Crippen molar-refractivity contribution in [3.63, 3.8) is 0 Å². The topological polar surface area (TPSA) is 46.5 Å². The lowest BCUT2D eigenvalue weighted by molar-refractivity contribution is -0.228. The van der Waals surface area contributed by atoms with Gasteiger partial charge in [-0.2, -0.15) is 0 Å². The van der Waals surface area contributed by atoms with Crippen LogP contribution in [-0.2, 0) is 15.3 Å². The van der Waals surface area contributed by atoms with Crippen molar-refractivity contribution in [2.45, 2.75) is 19.6 Å². The Morgan fingerprint density at radius 1 is 1.44 bits per heavy atom. The second-order valence-corrected chi connectivity index (χ2v) is 4.03. The van der Waals surface area contributed by atoms with Gasteiger partial charge in [0.25, 0.3) is 0 Å². The zero-order valence-electron chi connectivity index (χ0n) is 9.31. The summed E-state index contributed by atoms with van der Waals surface area (Å²) in [5, 5.41) is 10.5. The van der Waals surface area contributed by atoms with E-state index in [0.717, 1.165) is 5.56 Å². The van der Waals surface area contributed by atoms with Gasteiger partial charge in [-0.15, -0.1) is 0 Å². The third-order valence-electron chi connectivity index (χ3n) is 2.83. The van der Waals surface area contributed by atoms with Crippen molar-refractivity contribution in [1.29, 1.82) is 0 Å². The molecule has 0 fully saturated rings. The third-order valence-corrected chi connectivity index (χ3v) is 2.83. The average Bonchev–Trinajstić information content (AvgIpc) is 2.23. The van der Waals surface area contributed by atoms with Crippen LogP contribution in [0, 0.1) is 5.92 Å². The molecule has 16 heavy (non-hydrogen) atoms. The summed E-state index contributed by atoms with van der Waals surface area (Å²) in [5.74, 6) is -2.29. The quantitative estimate of drug-likeness (QED) is 0.579. The Hall–Kier alpha value is -1.61. The van der Waals surface area contributed by atoms with Crippen LogP contribution >= 0.6 is 0 Å². The molecule has 3 heteroatoms. The van der Waals surface area contributed by atoms with E-state index in [-0.39, 0.29) is 5.92 Å². The van der Waals surface area contributed by atoms with Crippen molar-refractivity contribution >= 4 is 12.0 Å². The molecule has 0 radical (unpaired) electrons. The fourth-order valence-corrected chi connectivity index (χ4v) is 1.96. The highest BCUT2D eigenvalue weighted by Gasteiger charge is 2.41. The van der Waals surface area contributed by atoms with Crippen molar-refractivity contribution in [2.75, 3.05) is 0 Å². The Bertz CT molecular complexity index is 450. The fraction of sp³-hybridized carbons (Fsp3) is 0.308. The Labute approximate surface area is 94.4 Å². The zero-order chi connectivity index (χ0) is 11.8. The molecule has 0 aliphatic heterocycles. The van der Waals surface area contributed by atoms with Crippen LogP contribution in [0.5, 0.6) is 0 Å². The molecular weight excluding hydrogens is 204 g/mol. The van der Waals surface area contributed by atoms with Gasteiger partial charge in [0.15, 0.2) is 0 Å². The van der Waals surface area contributed by atoms with Crippen molar-refractivity contribution < 1.29 is 14.6 Å². The van der Waals surface area contributed by atoms with E-state index in [1.807, 2.05) is 37.3 Å². The van der Waals surface area contributed by atoms with Gasteiger partial charge in [0.2, 0.25) is 5.79 Å². The summed E-state index contributed by atoms with van der Waals surface area (Å²) in [4.78, 5) is 11.1. The van der Waals surface area contributed by atoms with E-state index >= 15 is 0 Å². The summed E-state index contributed by atoms with van der Waals surface area (Å²) in [5.41, 5.74) is 1.52. The third kappa shape index (κ3) is 1.63. The molecule has 1 aromatic carbocycles. The number of carbonyl (C=O) groups is 1. The van der Waals surface area contributed by atoms with E-state index in [9.17, 15) is 9.90 Å². The molecule has 0 saturated heterocycles. The highest BCUT2D eigenvalue weighted by Crippen LogP contribution is 2.38. The zero-order valence-corrected chi connectivity index (χ0v) is 9.31. The van der Waals surface area contributed by atoms with Gasteiger partial charge in [0.05, 0.1) is 0 Å². The molecule has 1 N–H and O–H groups in total. The van der Waals surface area contributed by atoms with Gasteiger partial charge in [0.1, 0.15) is 0 Å². The maximum Gasteiger partial charge on any atom is 0.305 e. The molecule has 0 heterocycles. The molecule has 0 saturated carbocycles. The van der Waals surface area contributed by atoms with E-state index in [0.29, 0.717) is 5.56 Å². The van der Waals surface area contributed by atoms with Gasteiger partial charge in [-0.05, 0) is 5.56 Å². The van der Waals surface area contributed by atoms with Gasteiger partial charge in [0, 0.05) is 18.4 Å². The number of rotatable bonds is 1. The molecule has 1 aromatic rings. The molecule has 1 aliphatic carbocycles. The number of carbonyl (C=O) groups excluding carboxylic acids is 1. The molecule has 1 aliphatic rings. The van der Waals surface area contributed by atoms with Crippen LogP contribution in [0.4, 0.5) is 0 Å². The SMILES string of the molecule is CC(=O)OC1(O)c2ccccc2C=CC1C. The van der Waals surface area contributed by atoms with Crippen LogP contribution in [0.25, 0.3) is 6.08 Å². The lowest BCUT2D eigenvalue weighted by Gasteiger charge is -2.35. The van der Waals surface area contributed by atoms with E-state index in [2.05, 4.69) is 0 Å². The lowest BCUT2D eigenvalue weighted by atomic mass is 9.84. The number of ether oxygens (including phenoxy) is 1. The monoisotopic (exact) mass is 218 g/mol. The summed E-state index contributed by atoms with van der Waals surface area (Å²) >= 11 is 0. The minimum absolute atomic E-state index is 0.258. The maximum absolute atomic E-state index is 11.1. The number of hydrogen-bond donors (Lipinski definition) is 1. The first-order valence-electron chi connectivity index (χ1n) is 5.23. The van der Waals surface area contributed by atoms with E-state index < -0.39 is 11.8 Å². The van der Waals surface area contributed by atoms with Crippen LogP contribution in [0.2, 0.25) is 0 Å². The second kappa shape index (κ2) is 3.76. The van der Waals surface area contributed by atoms with Crippen LogP contribution in [0.3, 0.4) is 0 Å². The molecule has 2 atom stereocenters. The summed E-state index contributed by atoms with van der Waals surface area (Å²) in [6, 6.07) is 7.36. The van der Waals surface area contributed by atoms with E-state index in [4.69, 9.17) is 4.74 Å². The van der Waals surface area contributed by atoms with Gasteiger partial charge >= 0.3 is 5.97 Å². The Balaban J connectivity index is 2.52. The Kier molecular flexibility index (Phi) is 2.56. The van der Waals surface area contributed by atoms with Crippen LogP contribution < -0.4 is 0 Å². The van der Waals surface area contributed by atoms with Crippen molar-refractivity contribution in [3.8, 4) is 0 Å². The number of hydrogen-bond acceptors (Lipinski definition) is 3. The average molecular weight is 218 g/mol. The standard InChI is InChI=1S/C13H14O3/c1-9-7-8-11-5-3-4-6-12(11)13(9,15)16-10(2)14/h3-9,15H,1-2H3. The Morgan fingerprint density at radius 3 is 2.81 bits per heavy atom. The van der Waals surface area contributed by atoms with Crippen LogP contribution in [0.15, 0.2) is 30.3 Å². The molecular formula is C13H14O3. The van der Waals surface area contributed by atoms with Crippen molar-refractivity contribution in [2.24, 2.45) is 5.92 Å². The minimum atomic E-state index is -1.54. The predicted octanol–water partition coefficient (Wildman–Crippen LogP) is 2.06. The molecule has 84 valence electrons. The first-order chi connectivity index (χ1) is 7.54. The van der Waals surface area contributed by atoms with Crippen LogP contribution in [0.1, 0.15) is 25.0 Å². The largest absolute Gasteiger partial charge is 0.428 e. The molecule has 2 unspecified atom stereocenters. The molecule has 3 nitrogen and oxygen atoms in total.